The second-order valence-corrected chi connectivity index (χ2v) is 6.34. The number of benzene rings is 2. The first-order valence-corrected chi connectivity index (χ1v) is 9.02. The zero-order chi connectivity index (χ0) is 19.5. The van der Waals surface area contributed by atoms with Crippen LogP contribution < -0.4 is 4.90 Å². The van der Waals surface area contributed by atoms with E-state index in [0.29, 0.717) is 18.2 Å². The van der Waals surface area contributed by atoms with Crippen LogP contribution in [0.15, 0.2) is 67.0 Å². The van der Waals surface area contributed by atoms with Gasteiger partial charge in [-0.1, -0.05) is 18.2 Å². The summed E-state index contributed by atoms with van der Waals surface area (Å²) in [6.45, 7) is 2.54. The molecule has 4 aromatic rings. The maximum absolute atomic E-state index is 14.2. The van der Waals surface area contributed by atoms with Gasteiger partial charge in [-0.2, -0.15) is 0 Å². The lowest BCUT2D eigenvalue weighted by Crippen LogP contribution is -2.25. The van der Waals surface area contributed by atoms with Crippen molar-refractivity contribution in [3.05, 3.63) is 84.2 Å². The minimum absolute atomic E-state index is 0.0255. The van der Waals surface area contributed by atoms with Crippen LogP contribution in [0.25, 0.3) is 22.3 Å². The molecule has 0 fully saturated rings. The fourth-order valence-electron chi connectivity index (χ4n) is 3.14. The zero-order valence-electron chi connectivity index (χ0n) is 15.3. The van der Waals surface area contributed by atoms with Gasteiger partial charge in [-0.3, -0.25) is 4.98 Å². The van der Waals surface area contributed by atoms with Gasteiger partial charge in [0.25, 0.3) is 0 Å². The second-order valence-electron chi connectivity index (χ2n) is 6.34. The zero-order valence-corrected chi connectivity index (χ0v) is 15.3. The lowest BCUT2D eigenvalue weighted by Gasteiger charge is -2.24. The number of fused-ring (bicyclic) bond motifs is 1. The Labute approximate surface area is 161 Å². The van der Waals surface area contributed by atoms with Crippen LogP contribution >= 0.6 is 0 Å². The van der Waals surface area contributed by atoms with Crippen LogP contribution in [0.3, 0.4) is 0 Å². The Bertz CT molecular complexity index is 1100. The molecule has 28 heavy (non-hydrogen) atoms. The van der Waals surface area contributed by atoms with Crippen LogP contribution in [0.5, 0.6) is 0 Å². The summed E-state index contributed by atoms with van der Waals surface area (Å²) in [5.41, 5.74) is 1.62. The van der Waals surface area contributed by atoms with E-state index < -0.39 is 11.6 Å². The monoisotopic (exact) mass is 376 g/mol. The summed E-state index contributed by atoms with van der Waals surface area (Å²) < 4.78 is 28.4. The Balaban J connectivity index is 1.85. The Kier molecular flexibility index (Phi) is 4.93. The first kappa shape index (κ1) is 18.0. The molecule has 0 radical (unpaired) electrons. The van der Waals surface area contributed by atoms with Crippen LogP contribution in [-0.2, 0) is 6.54 Å². The molecule has 0 amide bonds. The van der Waals surface area contributed by atoms with E-state index in [1.54, 1.807) is 12.4 Å². The third-order valence-electron chi connectivity index (χ3n) is 4.61. The highest BCUT2D eigenvalue weighted by atomic mass is 19.1. The number of hydrogen-bond acceptors (Lipinski definition) is 4. The molecular formula is C22H18F2N4. The number of halogens is 2. The number of rotatable bonds is 5. The molecule has 0 aliphatic carbocycles. The molecular weight excluding hydrogens is 358 g/mol. The Morgan fingerprint density at radius 2 is 1.57 bits per heavy atom. The van der Waals surface area contributed by atoms with E-state index in [1.165, 1.54) is 18.2 Å². The van der Waals surface area contributed by atoms with E-state index in [9.17, 15) is 8.78 Å². The van der Waals surface area contributed by atoms with Gasteiger partial charge in [0.2, 0.25) is 0 Å². The summed E-state index contributed by atoms with van der Waals surface area (Å²) in [4.78, 5) is 15.3. The number of hydrogen-bond donors (Lipinski definition) is 0. The standard InChI is InChI=1S/C22H18F2N4/c1-2-28(14-17-18(23)7-5-8-19(17)24)22-16-6-3-4-9-20(16)26-21(27-22)15-10-12-25-13-11-15/h3-13H,2,14H2,1H3. The van der Waals surface area contributed by atoms with Gasteiger partial charge in [0.1, 0.15) is 17.5 Å². The maximum atomic E-state index is 14.2. The SMILES string of the molecule is CCN(Cc1c(F)cccc1F)c1nc(-c2ccncc2)nc2ccccc12. The number of para-hydroxylation sites is 1. The van der Waals surface area contributed by atoms with Crippen molar-refractivity contribution < 1.29 is 8.78 Å². The molecule has 0 saturated heterocycles. The van der Waals surface area contributed by atoms with E-state index >= 15 is 0 Å². The van der Waals surface area contributed by atoms with Gasteiger partial charge in [-0.15, -0.1) is 0 Å². The average molecular weight is 376 g/mol. The molecule has 4 nitrogen and oxygen atoms in total. The lowest BCUT2D eigenvalue weighted by atomic mass is 10.1. The molecule has 0 N–H and O–H groups in total. The fourth-order valence-corrected chi connectivity index (χ4v) is 3.14. The first-order valence-electron chi connectivity index (χ1n) is 9.02. The molecule has 6 heteroatoms. The van der Waals surface area contributed by atoms with Gasteiger partial charge >= 0.3 is 0 Å². The van der Waals surface area contributed by atoms with E-state index in [0.717, 1.165) is 16.5 Å². The smallest absolute Gasteiger partial charge is 0.162 e. The van der Waals surface area contributed by atoms with Crippen molar-refractivity contribution in [2.24, 2.45) is 0 Å². The molecule has 2 aromatic heterocycles. The predicted octanol–water partition coefficient (Wildman–Crippen LogP) is 5.00. The van der Waals surface area contributed by atoms with Crippen LogP contribution in [0.1, 0.15) is 12.5 Å². The molecule has 0 saturated carbocycles. The molecule has 0 atom stereocenters. The molecule has 0 bridgehead atoms. The molecule has 0 unspecified atom stereocenters. The summed E-state index contributed by atoms with van der Waals surface area (Å²) in [5, 5.41) is 0.832. The predicted molar refractivity (Wildman–Crippen MR) is 106 cm³/mol. The quantitative estimate of drug-likeness (QED) is 0.492. The van der Waals surface area contributed by atoms with Crippen LogP contribution in [0.4, 0.5) is 14.6 Å². The Hall–Kier alpha value is -3.41. The minimum Gasteiger partial charge on any atom is -0.352 e. The highest BCUT2D eigenvalue weighted by Gasteiger charge is 2.18. The summed E-state index contributed by atoms with van der Waals surface area (Å²) in [6.07, 6.45) is 3.36. The number of pyridine rings is 1. The molecule has 2 heterocycles. The van der Waals surface area contributed by atoms with E-state index in [1.807, 2.05) is 48.2 Å². The van der Waals surface area contributed by atoms with Crippen LogP contribution in [0, 0.1) is 11.6 Å². The van der Waals surface area contributed by atoms with E-state index in [4.69, 9.17) is 4.98 Å². The molecule has 2 aromatic carbocycles. The van der Waals surface area contributed by atoms with Gasteiger partial charge in [0.15, 0.2) is 5.82 Å². The van der Waals surface area contributed by atoms with Crippen LogP contribution in [-0.4, -0.2) is 21.5 Å². The molecule has 140 valence electrons. The normalized spacial score (nSPS) is 11.0. The second kappa shape index (κ2) is 7.68. The summed E-state index contributed by atoms with van der Waals surface area (Å²) in [6, 6.07) is 15.2. The highest BCUT2D eigenvalue weighted by Crippen LogP contribution is 2.29. The molecule has 0 aliphatic rings. The summed E-state index contributed by atoms with van der Waals surface area (Å²) in [7, 11) is 0. The minimum atomic E-state index is -0.564. The van der Waals surface area contributed by atoms with Crippen molar-refractivity contribution in [1.82, 2.24) is 15.0 Å². The van der Waals surface area contributed by atoms with Gasteiger partial charge in [0.05, 0.1) is 12.1 Å². The van der Waals surface area contributed by atoms with Crippen molar-refractivity contribution in [3.8, 4) is 11.4 Å². The van der Waals surface area contributed by atoms with E-state index in [2.05, 4.69) is 9.97 Å². The van der Waals surface area contributed by atoms with Crippen molar-refractivity contribution in [1.29, 1.82) is 0 Å². The molecule has 0 aliphatic heterocycles. The molecule has 4 rings (SSSR count). The van der Waals surface area contributed by atoms with Crippen molar-refractivity contribution >= 4 is 16.7 Å². The maximum Gasteiger partial charge on any atom is 0.162 e. The van der Waals surface area contributed by atoms with Gasteiger partial charge < -0.3 is 4.90 Å². The van der Waals surface area contributed by atoms with Gasteiger partial charge in [-0.05, 0) is 43.3 Å². The van der Waals surface area contributed by atoms with Crippen molar-refractivity contribution in [3.63, 3.8) is 0 Å². The summed E-state index contributed by atoms with van der Waals surface area (Å²) in [5.74, 6) is 0.0588. The third-order valence-corrected chi connectivity index (χ3v) is 4.61. The summed E-state index contributed by atoms with van der Waals surface area (Å²) >= 11 is 0. The largest absolute Gasteiger partial charge is 0.352 e. The van der Waals surface area contributed by atoms with Gasteiger partial charge in [-0.25, -0.2) is 18.7 Å². The number of aromatic nitrogens is 3. The number of anilines is 1. The van der Waals surface area contributed by atoms with E-state index in [-0.39, 0.29) is 12.1 Å². The van der Waals surface area contributed by atoms with Crippen LogP contribution in [0.2, 0.25) is 0 Å². The lowest BCUT2D eigenvalue weighted by molar-refractivity contribution is 0.550. The Morgan fingerprint density at radius 3 is 2.29 bits per heavy atom. The first-order chi connectivity index (χ1) is 13.7. The number of nitrogens with zero attached hydrogens (tertiary/aromatic N) is 4. The molecule has 0 spiro atoms. The Morgan fingerprint density at radius 1 is 0.857 bits per heavy atom. The third kappa shape index (κ3) is 3.41. The van der Waals surface area contributed by atoms with Gasteiger partial charge in [0, 0.05) is 35.5 Å². The van der Waals surface area contributed by atoms with Crippen molar-refractivity contribution in [2.45, 2.75) is 13.5 Å². The average Bonchev–Trinajstić information content (AvgIpc) is 2.74. The highest BCUT2D eigenvalue weighted by molar-refractivity contribution is 5.91. The topological polar surface area (TPSA) is 41.9 Å². The fraction of sp³-hybridized carbons (Fsp3) is 0.136. The van der Waals surface area contributed by atoms with Crippen molar-refractivity contribution in [2.75, 3.05) is 11.4 Å².